The molecule has 4 rings (SSSR count). The number of fused-ring (bicyclic) bond motifs is 1. The molecule has 4 aromatic rings. The Bertz CT molecular complexity index is 1490. The molecule has 1 unspecified atom stereocenters. The van der Waals surface area contributed by atoms with Crippen LogP contribution in [0.15, 0.2) is 52.5 Å². The Balaban J connectivity index is 1.79. The van der Waals surface area contributed by atoms with Gasteiger partial charge in [-0.1, -0.05) is 23.9 Å². The number of carbonyl (C=O) groups is 2. The van der Waals surface area contributed by atoms with Crippen molar-refractivity contribution in [2.24, 2.45) is 0 Å². The first-order valence-electron chi connectivity index (χ1n) is 10.7. The maximum atomic E-state index is 13.4. The minimum absolute atomic E-state index is 0.216. The number of thioether (sulfide) groups is 1. The van der Waals surface area contributed by atoms with Crippen LogP contribution in [0.1, 0.15) is 44.6 Å². The number of para-hydroxylation sites is 1. The second-order valence-corrected chi connectivity index (χ2v) is 9.29. The number of ketones is 1. The number of esters is 1. The summed E-state index contributed by atoms with van der Waals surface area (Å²) in [4.78, 5) is 51.0. The summed E-state index contributed by atoms with van der Waals surface area (Å²) >= 11 is 1.17. The summed E-state index contributed by atoms with van der Waals surface area (Å²) in [5.74, 6) is -0.279. The molecule has 9 heteroatoms. The number of Topliss-reactive ketones (excluding diaryl/α,β-unsaturated/α-hetero) is 1. The monoisotopic (exact) mass is 476 g/mol. The molecule has 0 saturated heterocycles. The van der Waals surface area contributed by atoms with Crippen LogP contribution in [-0.4, -0.2) is 43.6 Å². The largest absolute Gasteiger partial charge is 0.465 e. The number of aromatic nitrogens is 4. The van der Waals surface area contributed by atoms with Crippen molar-refractivity contribution in [2.45, 2.75) is 38.1 Å². The van der Waals surface area contributed by atoms with Crippen molar-refractivity contribution in [1.82, 2.24) is 19.5 Å². The van der Waals surface area contributed by atoms with Gasteiger partial charge in [0, 0.05) is 11.9 Å². The van der Waals surface area contributed by atoms with E-state index in [0.29, 0.717) is 44.4 Å². The fourth-order valence-corrected chi connectivity index (χ4v) is 4.83. The van der Waals surface area contributed by atoms with Gasteiger partial charge < -0.3 is 9.72 Å². The Labute approximate surface area is 200 Å². The average Bonchev–Trinajstić information content (AvgIpc) is 3.11. The van der Waals surface area contributed by atoms with Crippen molar-refractivity contribution in [2.75, 3.05) is 7.11 Å². The van der Waals surface area contributed by atoms with Crippen LogP contribution >= 0.6 is 11.8 Å². The molecule has 1 N–H and O–H groups in total. The highest BCUT2D eigenvalue weighted by atomic mass is 32.2. The van der Waals surface area contributed by atoms with Gasteiger partial charge in [0.1, 0.15) is 5.82 Å². The number of hydrogen-bond acceptors (Lipinski definition) is 7. The molecule has 0 fully saturated rings. The quantitative estimate of drug-likeness (QED) is 0.192. The lowest BCUT2D eigenvalue weighted by Crippen LogP contribution is -2.24. The summed E-state index contributed by atoms with van der Waals surface area (Å²) in [7, 11) is 1.30. The summed E-state index contributed by atoms with van der Waals surface area (Å²) < 4.78 is 6.29. The highest BCUT2D eigenvalue weighted by molar-refractivity contribution is 8.00. The topological polar surface area (TPSA) is 107 Å². The van der Waals surface area contributed by atoms with E-state index in [2.05, 4.69) is 9.97 Å². The third kappa shape index (κ3) is 4.14. The maximum absolute atomic E-state index is 13.4. The van der Waals surface area contributed by atoms with Gasteiger partial charge in [0.2, 0.25) is 0 Å². The van der Waals surface area contributed by atoms with Crippen molar-refractivity contribution in [3.8, 4) is 5.82 Å². The predicted octanol–water partition coefficient (Wildman–Crippen LogP) is 4.18. The van der Waals surface area contributed by atoms with Crippen molar-refractivity contribution in [3.05, 3.63) is 81.0 Å². The number of hydrogen-bond donors (Lipinski definition) is 1. The molecule has 0 saturated carbocycles. The third-order valence-corrected chi connectivity index (χ3v) is 6.65. The Morgan fingerprint density at radius 2 is 1.88 bits per heavy atom. The van der Waals surface area contributed by atoms with E-state index in [1.54, 1.807) is 51.2 Å². The van der Waals surface area contributed by atoms with Gasteiger partial charge in [-0.25, -0.2) is 19.3 Å². The predicted molar refractivity (Wildman–Crippen MR) is 131 cm³/mol. The average molecular weight is 477 g/mol. The zero-order chi connectivity index (χ0) is 24.6. The molecule has 0 aliphatic heterocycles. The van der Waals surface area contributed by atoms with Gasteiger partial charge in [-0.3, -0.25) is 9.59 Å². The van der Waals surface area contributed by atoms with E-state index in [1.807, 2.05) is 19.1 Å². The van der Waals surface area contributed by atoms with Crippen molar-refractivity contribution in [3.63, 3.8) is 0 Å². The Morgan fingerprint density at radius 3 is 2.59 bits per heavy atom. The smallest absolute Gasteiger partial charge is 0.339 e. The number of aryl methyl sites for hydroxylation is 2. The minimum Gasteiger partial charge on any atom is -0.465 e. The summed E-state index contributed by atoms with van der Waals surface area (Å²) in [5, 5.41) is 0.218. The normalized spacial score (nSPS) is 12.0. The number of aromatic amines is 1. The molecule has 0 amide bonds. The second kappa shape index (κ2) is 9.26. The SMILES string of the molecule is COC(=O)c1c(C)[nH]c(C(=O)C(C)Sc2nc3ccccc3c(=O)n2-c2cc(C)ccn2)c1C. The van der Waals surface area contributed by atoms with E-state index in [4.69, 9.17) is 9.72 Å². The summed E-state index contributed by atoms with van der Waals surface area (Å²) in [5.41, 5.74) is 3.01. The highest BCUT2D eigenvalue weighted by Gasteiger charge is 2.27. The number of carbonyl (C=O) groups excluding carboxylic acids is 2. The van der Waals surface area contributed by atoms with Crippen LogP contribution in [0.25, 0.3) is 16.7 Å². The van der Waals surface area contributed by atoms with Gasteiger partial charge in [0.15, 0.2) is 10.9 Å². The number of ether oxygens (including phenoxy) is 1. The molecular formula is C25H24N4O4S. The van der Waals surface area contributed by atoms with E-state index in [0.717, 1.165) is 5.56 Å². The van der Waals surface area contributed by atoms with Gasteiger partial charge in [-0.15, -0.1) is 0 Å². The molecule has 174 valence electrons. The van der Waals surface area contributed by atoms with Crippen LogP contribution < -0.4 is 5.56 Å². The maximum Gasteiger partial charge on any atom is 0.339 e. The first kappa shape index (κ1) is 23.4. The fraction of sp³-hybridized carbons (Fsp3) is 0.240. The molecule has 3 heterocycles. The molecule has 0 bridgehead atoms. The third-order valence-electron chi connectivity index (χ3n) is 5.60. The zero-order valence-electron chi connectivity index (χ0n) is 19.5. The van der Waals surface area contributed by atoms with Gasteiger partial charge in [-0.2, -0.15) is 0 Å². The highest BCUT2D eigenvalue weighted by Crippen LogP contribution is 2.29. The number of nitrogens with one attached hydrogen (secondary N) is 1. The first-order chi connectivity index (χ1) is 16.2. The van der Waals surface area contributed by atoms with Gasteiger partial charge >= 0.3 is 5.97 Å². The lowest BCUT2D eigenvalue weighted by molar-refractivity contribution is 0.0599. The lowest BCUT2D eigenvalue weighted by Gasteiger charge is -2.15. The molecule has 0 spiro atoms. The number of pyridine rings is 1. The number of benzene rings is 1. The number of nitrogens with zero attached hydrogens (tertiary/aromatic N) is 3. The number of H-pyrrole nitrogens is 1. The van der Waals surface area contributed by atoms with Crippen LogP contribution in [-0.2, 0) is 4.74 Å². The van der Waals surface area contributed by atoms with Gasteiger partial charge in [-0.05, 0) is 63.1 Å². The van der Waals surface area contributed by atoms with Crippen LogP contribution in [0.3, 0.4) is 0 Å². The van der Waals surface area contributed by atoms with Crippen molar-refractivity contribution < 1.29 is 14.3 Å². The standard InChI is InChI=1S/C25H24N4O4S/c1-13-10-11-26-19(12-13)29-23(31)17-8-6-7-9-18(17)28-25(29)34-16(4)22(30)21-14(2)20(15(3)27-21)24(32)33-5/h6-12,16,27H,1-5H3. The van der Waals surface area contributed by atoms with Gasteiger partial charge in [0.05, 0.1) is 34.5 Å². The number of methoxy groups -OCH3 is 1. The van der Waals surface area contributed by atoms with Crippen LogP contribution in [0, 0.1) is 20.8 Å². The fourth-order valence-electron chi connectivity index (χ4n) is 3.86. The zero-order valence-corrected chi connectivity index (χ0v) is 20.3. The van der Waals surface area contributed by atoms with E-state index in [9.17, 15) is 14.4 Å². The lowest BCUT2D eigenvalue weighted by atomic mass is 10.1. The molecule has 0 aliphatic carbocycles. The molecule has 8 nitrogen and oxygen atoms in total. The molecule has 34 heavy (non-hydrogen) atoms. The molecule has 0 radical (unpaired) electrons. The Hall–Kier alpha value is -3.72. The van der Waals surface area contributed by atoms with E-state index in [-0.39, 0.29) is 11.3 Å². The van der Waals surface area contributed by atoms with Crippen LogP contribution in [0.5, 0.6) is 0 Å². The van der Waals surface area contributed by atoms with E-state index < -0.39 is 11.2 Å². The van der Waals surface area contributed by atoms with Crippen molar-refractivity contribution >= 4 is 34.4 Å². The molecular weight excluding hydrogens is 452 g/mol. The Kier molecular flexibility index (Phi) is 6.39. The molecule has 1 atom stereocenters. The second-order valence-electron chi connectivity index (χ2n) is 7.98. The van der Waals surface area contributed by atoms with E-state index >= 15 is 0 Å². The first-order valence-corrected chi connectivity index (χ1v) is 11.5. The molecule has 0 aliphatic rings. The number of rotatable bonds is 6. The molecule has 3 aromatic heterocycles. The molecule has 1 aromatic carbocycles. The van der Waals surface area contributed by atoms with Gasteiger partial charge in [0.25, 0.3) is 5.56 Å². The summed E-state index contributed by atoms with van der Waals surface area (Å²) in [6.07, 6.45) is 1.63. The summed E-state index contributed by atoms with van der Waals surface area (Å²) in [6, 6.07) is 10.7. The Morgan fingerprint density at radius 1 is 1.15 bits per heavy atom. The minimum atomic E-state index is -0.605. The summed E-state index contributed by atoms with van der Waals surface area (Å²) in [6.45, 7) is 7.09. The van der Waals surface area contributed by atoms with Crippen LogP contribution in [0.4, 0.5) is 0 Å². The van der Waals surface area contributed by atoms with Crippen LogP contribution in [0.2, 0.25) is 0 Å². The van der Waals surface area contributed by atoms with E-state index in [1.165, 1.54) is 23.4 Å². The van der Waals surface area contributed by atoms with Crippen molar-refractivity contribution in [1.29, 1.82) is 0 Å².